The van der Waals surface area contributed by atoms with Gasteiger partial charge < -0.3 is 4.90 Å². The van der Waals surface area contributed by atoms with Gasteiger partial charge in [0.2, 0.25) is 5.91 Å². The minimum atomic E-state index is 0.140. The molecule has 2 bridgehead atoms. The fraction of sp³-hybridized carbons (Fsp3) is 0.389. The monoisotopic (exact) mass is 361 g/mol. The first-order valence-electron chi connectivity index (χ1n) is 8.17. The molecule has 0 radical (unpaired) electrons. The third-order valence-corrected chi connectivity index (χ3v) is 5.76. The summed E-state index contributed by atoms with van der Waals surface area (Å²) in [6.45, 7) is 0. The van der Waals surface area contributed by atoms with Crippen molar-refractivity contribution in [2.24, 2.45) is 0 Å². The highest BCUT2D eigenvalue weighted by Crippen LogP contribution is 2.43. The van der Waals surface area contributed by atoms with Crippen LogP contribution >= 0.6 is 23.2 Å². The Hall–Kier alpha value is -1.65. The zero-order chi connectivity index (χ0) is 16.7. The Kier molecular flexibility index (Phi) is 4.19. The number of hydrogen-bond acceptors (Lipinski definition) is 3. The lowest BCUT2D eigenvalue weighted by molar-refractivity contribution is -0.134. The molecule has 1 amide bonds. The number of nitrogens with zero attached hydrogens (tertiary/aromatic N) is 3. The maximum absolute atomic E-state index is 12.8. The minimum Gasteiger partial charge on any atom is -0.332 e. The Bertz CT molecular complexity index is 796. The van der Waals surface area contributed by atoms with Gasteiger partial charge in [0.15, 0.2) is 0 Å². The molecule has 1 aromatic heterocycles. The second-order valence-corrected chi connectivity index (χ2v) is 7.24. The number of aryl methyl sites for hydroxylation is 1. The first kappa shape index (κ1) is 15.9. The summed E-state index contributed by atoms with van der Waals surface area (Å²) in [5.41, 5.74) is 3.26. The molecule has 0 saturated carbocycles. The summed E-state index contributed by atoms with van der Waals surface area (Å²) in [4.78, 5) is 23.4. The van der Waals surface area contributed by atoms with Crippen LogP contribution in [0.3, 0.4) is 0 Å². The summed E-state index contributed by atoms with van der Waals surface area (Å²) < 4.78 is 0. The number of amides is 1. The molecule has 1 saturated heterocycles. The number of benzene rings is 1. The molecule has 2 atom stereocenters. The van der Waals surface area contributed by atoms with Gasteiger partial charge in [-0.1, -0.05) is 29.3 Å². The van der Waals surface area contributed by atoms with E-state index >= 15 is 0 Å². The average molecular weight is 362 g/mol. The molecule has 4 rings (SSSR count). The maximum Gasteiger partial charge on any atom is 0.223 e. The lowest BCUT2D eigenvalue weighted by atomic mass is 9.98. The van der Waals surface area contributed by atoms with Crippen molar-refractivity contribution in [3.8, 4) is 0 Å². The van der Waals surface area contributed by atoms with Gasteiger partial charge in [-0.2, -0.15) is 0 Å². The number of halogens is 2. The van der Waals surface area contributed by atoms with Gasteiger partial charge in [-0.05, 0) is 37.0 Å². The Balaban J connectivity index is 1.48. The van der Waals surface area contributed by atoms with Gasteiger partial charge in [0.25, 0.3) is 0 Å². The highest BCUT2D eigenvalue weighted by Gasteiger charge is 2.42. The summed E-state index contributed by atoms with van der Waals surface area (Å²) in [6, 6.07) is 5.96. The second kappa shape index (κ2) is 6.34. The number of carbonyl (C=O) groups excluding carboxylic acids is 1. The first-order valence-corrected chi connectivity index (χ1v) is 8.93. The van der Waals surface area contributed by atoms with E-state index in [1.165, 1.54) is 0 Å². The van der Waals surface area contributed by atoms with Crippen LogP contribution < -0.4 is 0 Å². The van der Waals surface area contributed by atoms with Crippen LogP contribution in [0, 0.1) is 0 Å². The summed E-state index contributed by atoms with van der Waals surface area (Å²) >= 11 is 12.0. The predicted octanol–water partition coefficient (Wildman–Crippen LogP) is 4.00. The topological polar surface area (TPSA) is 46.1 Å². The van der Waals surface area contributed by atoms with E-state index < -0.39 is 0 Å². The molecular formula is C18H17Cl2N3O. The quantitative estimate of drug-likeness (QED) is 0.829. The molecule has 4 nitrogen and oxygen atoms in total. The molecule has 2 aliphatic rings. The van der Waals surface area contributed by atoms with Gasteiger partial charge >= 0.3 is 0 Å². The molecule has 0 N–H and O–H groups in total. The van der Waals surface area contributed by atoms with E-state index in [0.717, 1.165) is 36.1 Å². The van der Waals surface area contributed by atoms with Gasteiger partial charge in [0.1, 0.15) is 6.33 Å². The van der Waals surface area contributed by atoms with E-state index in [4.69, 9.17) is 23.2 Å². The van der Waals surface area contributed by atoms with Crippen molar-refractivity contribution < 1.29 is 4.79 Å². The molecule has 2 aromatic rings. The van der Waals surface area contributed by atoms with Crippen molar-refractivity contribution in [1.29, 1.82) is 0 Å². The lowest BCUT2D eigenvalue weighted by Gasteiger charge is -2.35. The van der Waals surface area contributed by atoms with Crippen LogP contribution in [-0.4, -0.2) is 26.8 Å². The lowest BCUT2D eigenvalue weighted by Crippen LogP contribution is -2.42. The van der Waals surface area contributed by atoms with Crippen LogP contribution in [0.15, 0.2) is 30.7 Å². The summed E-state index contributed by atoms with van der Waals surface area (Å²) in [5.74, 6) is 0.197. The number of aromatic nitrogens is 2. The van der Waals surface area contributed by atoms with Crippen molar-refractivity contribution >= 4 is 29.1 Å². The summed E-state index contributed by atoms with van der Waals surface area (Å²) in [6.07, 6.45) is 7.50. The van der Waals surface area contributed by atoms with Crippen LogP contribution in [0.4, 0.5) is 0 Å². The number of carbonyl (C=O) groups is 1. The smallest absolute Gasteiger partial charge is 0.223 e. The SMILES string of the molecule is O=C(CCc1ccc(Cl)c(Cl)c1)N1C2CCC1c1cncnc1C2. The van der Waals surface area contributed by atoms with Crippen LogP contribution in [0.2, 0.25) is 10.0 Å². The van der Waals surface area contributed by atoms with E-state index in [1.807, 2.05) is 18.3 Å². The summed E-state index contributed by atoms with van der Waals surface area (Å²) in [5, 5.41) is 1.07. The second-order valence-electron chi connectivity index (χ2n) is 6.43. The third kappa shape index (κ3) is 2.78. The van der Waals surface area contributed by atoms with E-state index in [-0.39, 0.29) is 18.0 Å². The molecule has 2 aliphatic heterocycles. The molecule has 6 heteroatoms. The Morgan fingerprint density at radius 1 is 1.25 bits per heavy atom. The van der Waals surface area contributed by atoms with E-state index in [1.54, 1.807) is 12.4 Å². The number of hydrogen-bond donors (Lipinski definition) is 0. The minimum absolute atomic E-state index is 0.140. The first-order chi connectivity index (χ1) is 11.6. The average Bonchev–Trinajstić information content (AvgIpc) is 2.91. The molecule has 0 aliphatic carbocycles. The van der Waals surface area contributed by atoms with Crippen molar-refractivity contribution in [3.63, 3.8) is 0 Å². The van der Waals surface area contributed by atoms with E-state index in [0.29, 0.717) is 22.9 Å². The van der Waals surface area contributed by atoms with Gasteiger partial charge in [0.05, 0.1) is 21.8 Å². The van der Waals surface area contributed by atoms with Crippen LogP contribution in [0.5, 0.6) is 0 Å². The Morgan fingerprint density at radius 2 is 2.12 bits per heavy atom. The number of rotatable bonds is 3. The molecule has 3 heterocycles. The zero-order valence-corrected chi connectivity index (χ0v) is 14.6. The van der Waals surface area contributed by atoms with Crippen LogP contribution in [0.1, 0.15) is 42.1 Å². The predicted molar refractivity (Wildman–Crippen MR) is 93.1 cm³/mol. The number of fused-ring (bicyclic) bond motifs is 4. The van der Waals surface area contributed by atoms with Crippen LogP contribution in [0.25, 0.3) is 0 Å². The fourth-order valence-corrected chi connectivity index (χ4v) is 4.20. The third-order valence-electron chi connectivity index (χ3n) is 5.02. The highest BCUT2D eigenvalue weighted by molar-refractivity contribution is 6.42. The van der Waals surface area contributed by atoms with Crippen molar-refractivity contribution in [2.75, 3.05) is 0 Å². The van der Waals surface area contributed by atoms with Gasteiger partial charge in [-0.3, -0.25) is 4.79 Å². The molecular weight excluding hydrogens is 345 g/mol. The maximum atomic E-state index is 12.8. The van der Waals surface area contributed by atoms with Crippen LogP contribution in [-0.2, 0) is 17.6 Å². The molecule has 1 aromatic carbocycles. The highest BCUT2D eigenvalue weighted by atomic mass is 35.5. The largest absolute Gasteiger partial charge is 0.332 e. The van der Waals surface area contributed by atoms with Crippen molar-refractivity contribution in [3.05, 3.63) is 57.6 Å². The van der Waals surface area contributed by atoms with Gasteiger partial charge in [0, 0.05) is 30.6 Å². The molecule has 24 heavy (non-hydrogen) atoms. The summed E-state index contributed by atoms with van der Waals surface area (Å²) in [7, 11) is 0. The van der Waals surface area contributed by atoms with E-state index in [2.05, 4.69) is 14.9 Å². The molecule has 2 unspecified atom stereocenters. The molecule has 0 spiro atoms. The fourth-order valence-electron chi connectivity index (χ4n) is 3.88. The van der Waals surface area contributed by atoms with Gasteiger partial charge in [-0.15, -0.1) is 0 Å². The van der Waals surface area contributed by atoms with Gasteiger partial charge in [-0.25, -0.2) is 9.97 Å². The van der Waals surface area contributed by atoms with Crippen molar-refractivity contribution in [1.82, 2.24) is 14.9 Å². The van der Waals surface area contributed by atoms with E-state index in [9.17, 15) is 4.79 Å². The zero-order valence-electron chi connectivity index (χ0n) is 13.1. The standard InChI is InChI=1S/C18H17Cl2N3O/c19-14-4-1-11(7-15(14)20)2-6-18(24)23-12-3-5-17(23)13-9-21-10-22-16(13)8-12/h1,4,7,9-10,12,17H,2-3,5-6,8H2. The van der Waals surface area contributed by atoms with Crippen molar-refractivity contribution in [2.45, 2.75) is 44.2 Å². The Labute approximate surface area is 150 Å². The Morgan fingerprint density at radius 3 is 2.96 bits per heavy atom. The molecule has 124 valence electrons. The molecule has 1 fully saturated rings. The normalized spacial score (nSPS) is 21.7.